The second-order valence-corrected chi connectivity index (χ2v) is 7.79. The molecule has 3 rings (SSSR count). The number of aliphatic imine (C=N–C) groups is 1. The Labute approximate surface area is 161 Å². The van der Waals surface area contributed by atoms with Crippen LogP contribution in [-0.2, 0) is 4.79 Å². The highest BCUT2D eigenvalue weighted by Crippen LogP contribution is 2.34. The van der Waals surface area contributed by atoms with Crippen LogP contribution in [0.1, 0.15) is 19.4 Å². The molecule has 0 atom stereocenters. The molecule has 1 aliphatic heterocycles. The molecule has 0 aromatic heterocycles. The number of thioether (sulfide) groups is 1. The Bertz CT molecular complexity index is 860. The van der Waals surface area contributed by atoms with E-state index in [1.54, 1.807) is 35.2 Å². The van der Waals surface area contributed by atoms with Gasteiger partial charge in [-0.15, -0.1) is 0 Å². The predicted octanol–water partition coefficient (Wildman–Crippen LogP) is 5.74. The molecule has 1 aliphatic rings. The molecule has 1 fully saturated rings. The number of carbonyl (C=O) groups excluding carboxylic acids is 1. The van der Waals surface area contributed by atoms with Gasteiger partial charge in [-0.05, 0) is 65.7 Å². The van der Waals surface area contributed by atoms with Crippen molar-refractivity contribution in [2.24, 2.45) is 10.9 Å². The number of hydrogen-bond acceptors (Lipinski definition) is 3. The first-order chi connectivity index (χ1) is 12.4. The molecule has 0 saturated carbocycles. The number of amides is 1. The van der Waals surface area contributed by atoms with Gasteiger partial charge < -0.3 is 0 Å². The SMILES string of the molecule is CC(C)CN1C(=O)/C(=C/c2ccc(F)cc2)SC1=Nc1ccc(Cl)cc1. The topological polar surface area (TPSA) is 32.7 Å². The Morgan fingerprint density at radius 1 is 1.15 bits per heavy atom. The first-order valence-electron chi connectivity index (χ1n) is 8.23. The molecule has 0 bridgehead atoms. The Morgan fingerprint density at radius 3 is 2.42 bits per heavy atom. The fraction of sp³-hybridized carbons (Fsp3) is 0.200. The first-order valence-corrected chi connectivity index (χ1v) is 9.43. The number of amidine groups is 1. The Kier molecular flexibility index (Phi) is 5.79. The van der Waals surface area contributed by atoms with Gasteiger partial charge in [-0.2, -0.15) is 0 Å². The second-order valence-electron chi connectivity index (χ2n) is 6.34. The summed E-state index contributed by atoms with van der Waals surface area (Å²) in [5, 5.41) is 1.28. The zero-order valence-corrected chi connectivity index (χ0v) is 16.0. The summed E-state index contributed by atoms with van der Waals surface area (Å²) in [4.78, 5) is 19.7. The lowest BCUT2D eigenvalue weighted by Gasteiger charge is -2.17. The molecule has 0 unspecified atom stereocenters. The third-order valence-corrected chi connectivity index (χ3v) is 4.91. The zero-order valence-electron chi connectivity index (χ0n) is 14.4. The average molecular weight is 389 g/mol. The lowest BCUT2D eigenvalue weighted by atomic mass is 10.2. The van der Waals surface area contributed by atoms with Crippen LogP contribution in [0, 0.1) is 11.7 Å². The maximum atomic E-state index is 13.1. The van der Waals surface area contributed by atoms with Gasteiger partial charge in [0.25, 0.3) is 5.91 Å². The molecule has 134 valence electrons. The summed E-state index contributed by atoms with van der Waals surface area (Å²) >= 11 is 7.25. The van der Waals surface area contributed by atoms with Crippen molar-refractivity contribution in [3.05, 3.63) is 69.8 Å². The summed E-state index contributed by atoms with van der Waals surface area (Å²) < 4.78 is 13.1. The fourth-order valence-electron chi connectivity index (χ4n) is 2.45. The van der Waals surface area contributed by atoms with Crippen molar-refractivity contribution in [2.75, 3.05) is 6.54 Å². The molecule has 0 aliphatic carbocycles. The van der Waals surface area contributed by atoms with Crippen LogP contribution in [0.4, 0.5) is 10.1 Å². The minimum Gasteiger partial charge on any atom is -0.286 e. The van der Waals surface area contributed by atoms with Gasteiger partial charge >= 0.3 is 0 Å². The van der Waals surface area contributed by atoms with Crippen molar-refractivity contribution in [3.8, 4) is 0 Å². The van der Waals surface area contributed by atoms with Crippen molar-refractivity contribution < 1.29 is 9.18 Å². The van der Waals surface area contributed by atoms with Gasteiger partial charge in [0.15, 0.2) is 5.17 Å². The minimum atomic E-state index is -0.302. The van der Waals surface area contributed by atoms with Crippen LogP contribution < -0.4 is 0 Å². The third kappa shape index (κ3) is 4.54. The maximum absolute atomic E-state index is 13.1. The Hall–Kier alpha value is -2.11. The zero-order chi connectivity index (χ0) is 18.7. The monoisotopic (exact) mass is 388 g/mol. The highest BCUT2D eigenvalue weighted by atomic mass is 35.5. The molecule has 3 nitrogen and oxygen atoms in total. The molecule has 2 aromatic rings. The fourth-order valence-corrected chi connectivity index (χ4v) is 3.59. The van der Waals surface area contributed by atoms with Crippen molar-refractivity contribution in [2.45, 2.75) is 13.8 Å². The highest BCUT2D eigenvalue weighted by Gasteiger charge is 2.33. The van der Waals surface area contributed by atoms with Crippen LogP contribution in [0.2, 0.25) is 5.02 Å². The molecule has 0 N–H and O–H groups in total. The largest absolute Gasteiger partial charge is 0.286 e. The summed E-state index contributed by atoms with van der Waals surface area (Å²) in [6.07, 6.45) is 1.77. The number of carbonyl (C=O) groups is 1. The van der Waals surface area contributed by atoms with Crippen molar-refractivity contribution >= 4 is 46.2 Å². The molecule has 1 saturated heterocycles. The highest BCUT2D eigenvalue weighted by molar-refractivity contribution is 8.18. The molecule has 1 heterocycles. The summed E-state index contributed by atoms with van der Waals surface area (Å²) in [6, 6.07) is 13.2. The molecule has 6 heteroatoms. The third-order valence-electron chi connectivity index (χ3n) is 3.65. The average Bonchev–Trinajstić information content (AvgIpc) is 2.87. The lowest BCUT2D eigenvalue weighted by molar-refractivity contribution is -0.122. The quantitative estimate of drug-likeness (QED) is 0.625. The van der Waals surface area contributed by atoms with E-state index in [2.05, 4.69) is 18.8 Å². The smallest absolute Gasteiger partial charge is 0.266 e. The molecule has 0 spiro atoms. The van der Waals surface area contributed by atoms with Crippen LogP contribution in [0.3, 0.4) is 0 Å². The molecule has 1 amide bonds. The molecule has 26 heavy (non-hydrogen) atoms. The molecule has 2 aromatic carbocycles. The van der Waals surface area contributed by atoms with E-state index in [9.17, 15) is 9.18 Å². The van der Waals surface area contributed by atoms with E-state index in [1.807, 2.05) is 12.1 Å². The maximum Gasteiger partial charge on any atom is 0.266 e. The number of halogens is 2. The van der Waals surface area contributed by atoms with Crippen LogP contribution >= 0.6 is 23.4 Å². The van der Waals surface area contributed by atoms with Crippen LogP contribution in [0.25, 0.3) is 6.08 Å². The number of rotatable bonds is 4. The van der Waals surface area contributed by atoms with Gasteiger partial charge in [0.1, 0.15) is 5.82 Å². The Balaban J connectivity index is 1.93. The number of benzene rings is 2. The predicted molar refractivity (Wildman–Crippen MR) is 107 cm³/mol. The van der Waals surface area contributed by atoms with Crippen LogP contribution in [0.5, 0.6) is 0 Å². The number of nitrogens with zero attached hydrogens (tertiary/aromatic N) is 2. The normalized spacial score (nSPS) is 17.7. The van der Waals surface area contributed by atoms with Gasteiger partial charge in [-0.1, -0.05) is 37.6 Å². The summed E-state index contributed by atoms with van der Waals surface area (Å²) in [7, 11) is 0. The van der Waals surface area contributed by atoms with Crippen LogP contribution in [0.15, 0.2) is 58.4 Å². The van der Waals surface area contributed by atoms with Gasteiger partial charge in [0.2, 0.25) is 0 Å². The summed E-state index contributed by atoms with van der Waals surface area (Å²) in [5.74, 6) is -0.0788. The van der Waals surface area contributed by atoms with E-state index in [-0.39, 0.29) is 11.7 Å². The summed E-state index contributed by atoms with van der Waals surface area (Å²) in [5.41, 5.74) is 1.51. The van der Waals surface area contributed by atoms with Crippen molar-refractivity contribution in [3.63, 3.8) is 0 Å². The summed E-state index contributed by atoms with van der Waals surface area (Å²) in [6.45, 7) is 4.69. The molecule has 0 radical (unpaired) electrons. The van der Waals surface area contributed by atoms with E-state index >= 15 is 0 Å². The van der Waals surface area contributed by atoms with E-state index in [0.717, 1.165) is 11.3 Å². The van der Waals surface area contributed by atoms with Crippen molar-refractivity contribution in [1.82, 2.24) is 4.90 Å². The van der Waals surface area contributed by atoms with Gasteiger partial charge in [-0.25, -0.2) is 9.38 Å². The van der Waals surface area contributed by atoms with Gasteiger partial charge in [0.05, 0.1) is 10.6 Å². The minimum absolute atomic E-state index is 0.0826. The molecular formula is C20H18ClFN2OS. The molecular weight excluding hydrogens is 371 g/mol. The van der Waals surface area contributed by atoms with Crippen molar-refractivity contribution in [1.29, 1.82) is 0 Å². The standard InChI is InChI=1S/C20H18ClFN2OS/c1-13(2)12-24-19(25)18(11-14-3-7-16(22)8-4-14)26-20(24)23-17-9-5-15(21)6-10-17/h3-11,13H,12H2,1-2H3/b18-11-,23-20?. The first kappa shape index (κ1) is 18.7. The second kappa shape index (κ2) is 8.06. The van der Waals surface area contributed by atoms with Crippen LogP contribution in [-0.4, -0.2) is 22.5 Å². The Morgan fingerprint density at radius 2 is 1.81 bits per heavy atom. The lowest BCUT2D eigenvalue weighted by Crippen LogP contribution is -2.32. The van der Waals surface area contributed by atoms with Gasteiger partial charge in [-0.3, -0.25) is 9.69 Å². The number of hydrogen-bond donors (Lipinski definition) is 0. The van der Waals surface area contributed by atoms with Gasteiger partial charge in [0, 0.05) is 11.6 Å². The van der Waals surface area contributed by atoms with E-state index in [4.69, 9.17) is 11.6 Å². The van der Waals surface area contributed by atoms with E-state index in [1.165, 1.54) is 23.9 Å². The van der Waals surface area contributed by atoms with E-state index < -0.39 is 0 Å². The van der Waals surface area contributed by atoms with E-state index in [0.29, 0.717) is 27.6 Å².